The SMILES string of the molecule is O=C1C[C@H](c2ccc(Cl)cc2)Cc2nc3nc(C(F)(F)F)nn3cc21. The van der Waals surface area contributed by atoms with Crippen LogP contribution in [-0.4, -0.2) is 25.4 Å². The maximum atomic E-state index is 12.8. The van der Waals surface area contributed by atoms with E-state index < -0.39 is 12.0 Å². The molecule has 1 aliphatic carbocycles. The monoisotopic (exact) mass is 366 g/mol. The Bertz CT molecular complexity index is 981. The van der Waals surface area contributed by atoms with Crippen molar-refractivity contribution in [3.63, 3.8) is 0 Å². The summed E-state index contributed by atoms with van der Waals surface area (Å²) in [5.74, 6) is -1.73. The van der Waals surface area contributed by atoms with Crippen LogP contribution in [0.25, 0.3) is 5.78 Å². The number of rotatable bonds is 1. The molecule has 9 heteroatoms. The minimum Gasteiger partial charge on any atom is -0.294 e. The molecule has 0 amide bonds. The van der Waals surface area contributed by atoms with Crippen LogP contribution < -0.4 is 0 Å². The molecule has 25 heavy (non-hydrogen) atoms. The lowest BCUT2D eigenvalue weighted by Crippen LogP contribution is -2.21. The number of Topliss-reactive ketones (excluding diaryl/α,β-unsaturated/α-hetero) is 1. The highest BCUT2D eigenvalue weighted by molar-refractivity contribution is 6.30. The highest BCUT2D eigenvalue weighted by Gasteiger charge is 2.37. The third-order valence-electron chi connectivity index (χ3n) is 4.18. The summed E-state index contributed by atoms with van der Waals surface area (Å²) >= 11 is 5.88. The minimum absolute atomic E-state index is 0.0998. The van der Waals surface area contributed by atoms with E-state index in [4.69, 9.17) is 11.6 Å². The fourth-order valence-corrected chi connectivity index (χ4v) is 3.10. The van der Waals surface area contributed by atoms with E-state index in [-0.39, 0.29) is 29.5 Å². The Morgan fingerprint density at radius 3 is 2.52 bits per heavy atom. The molecule has 0 spiro atoms. The van der Waals surface area contributed by atoms with Crippen LogP contribution in [0.2, 0.25) is 5.02 Å². The first-order valence-electron chi connectivity index (χ1n) is 7.43. The lowest BCUT2D eigenvalue weighted by molar-refractivity contribution is -0.144. The van der Waals surface area contributed by atoms with E-state index in [9.17, 15) is 18.0 Å². The molecular formula is C16H10ClF3N4O. The van der Waals surface area contributed by atoms with Gasteiger partial charge in [0.2, 0.25) is 0 Å². The fourth-order valence-electron chi connectivity index (χ4n) is 2.97. The van der Waals surface area contributed by atoms with Gasteiger partial charge in [-0.05, 0) is 30.0 Å². The number of hydrogen-bond acceptors (Lipinski definition) is 4. The second-order valence-electron chi connectivity index (χ2n) is 5.86. The molecule has 1 aromatic carbocycles. The molecule has 128 valence electrons. The van der Waals surface area contributed by atoms with Crippen LogP contribution >= 0.6 is 11.6 Å². The van der Waals surface area contributed by atoms with Crippen molar-refractivity contribution in [1.29, 1.82) is 0 Å². The lowest BCUT2D eigenvalue weighted by atomic mass is 9.82. The summed E-state index contributed by atoms with van der Waals surface area (Å²) in [6.45, 7) is 0. The van der Waals surface area contributed by atoms with E-state index in [0.29, 0.717) is 17.1 Å². The van der Waals surface area contributed by atoms with Crippen molar-refractivity contribution in [3.8, 4) is 0 Å². The maximum Gasteiger partial charge on any atom is 0.453 e. The molecule has 2 aromatic heterocycles. The van der Waals surface area contributed by atoms with Crippen molar-refractivity contribution in [3.05, 3.63) is 58.1 Å². The molecule has 0 unspecified atom stereocenters. The first kappa shape index (κ1) is 16.0. The van der Waals surface area contributed by atoms with Crippen molar-refractivity contribution >= 4 is 23.2 Å². The van der Waals surface area contributed by atoms with Crippen molar-refractivity contribution in [2.75, 3.05) is 0 Å². The van der Waals surface area contributed by atoms with Gasteiger partial charge in [-0.1, -0.05) is 23.7 Å². The van der Waals surface area contributed by atoms with Crippen LogP contribution in [0.4, 0.5) is 13.2 Å². The zero-order valence-corrected chi connectivity index (χ0v) is 13.3. The Morgan fingerprint density at radius 1 is 1.12 bits per heavy atom. The average molecular weight is 367 g/mol. The molecule has 0 N–H and O–H groups in total. The summed E-state index contributed by atoms with van der Waals surface area (Å²) in [6, 6.07) is 7.15. The van der Waals surface area contributed by atoms with Gasteiger partial charge in [0.15, 0.2) is 5.78 Å². The van der Waals surface area contributed by atoms with Crippen LogP contribution in [0.5, 0.6) is 0 Å². The van der Waals surface area contributed by atoms with Crippen LogP contribution in [0, 0.1) is 0 Å². The van der Waals surface area contributed by atoms with E-state index in [2.05, 4.69) is 15.1 Å². The molecule has 0 aliphatic heterocycles. The zero-order valence-electron chi connectivity index (χ0n) is 12.6. The van der Waals surface area contributed by atoms with Gasteiger partial charge in [0.25, 0.3) is 11.6 Å². The molecule has 0 radical (unpaired) electrons. The number of aromatic nitrogens is 4. The Hall–Kier alpha value is -2.48. The van der Waals surface area contributed by atoms with E-state index in [0.717, 1.165) is 10.1 Å². The van der Waals surface area contributed by atoms with Crippen molar-refractivity contribution < 1.29 is 18.0 Å². The normalized spacial score (nSPS) is 17.8. The molecule has 4 rings (SSSR count). The minimum atomic E-state index is -4.66. The predicted octanol–water partition coefficient (Wildman–Crippen LogP) is 3.71. The smallest absolute Gasteiger partial charge is 0.294 e. The molecule has 0 fully saturated rings. The fraction of sp³-hybridized carbons (Fsp3) is 0.250. The van der Waals surface area contributed by atoms with Crippen LogP contribution in [-0.2, 0) is 12.6 Å². The molecule has 1 atom stereocenters. The number of carbonyl (C=O) groups excluding carboxylic acids is 1. The molecular weight excluding hydrogens is 357 g/mol. The summed E-state index contributed by atoms with van der Waals surface area (Å²) in [7, 11) is 0. The first-order valence-corrected chi connectivity index (χ1v) is 7.81. The van der Waals surface area contributed by atoms with Crippen LogP contribution in [0.1, 0.15) is 39.8 Å². The standard InChI is InChI=1S/C16H10ClF3N4O/c17-10-3-1-8(2-4-10)9-5-12-11(13(25)6-9)7-24-15(21-12)22-14(23-24)16(18,19)20/h1-4,7,9H,5-6H2/t9-/m1/s1. The summed E-state index contributed by atoms with van der Waals surface area (Å²) in [4.78, 5) is 20.0. The molecule has 3 aromatic rings. The molecule has 5 nitrogen and oxygen atoms in total. The van der Waals surface area contributed by atoms with Gasteiger partial charge in [0.1, 0.15) is 0 Å². The average Bonchev–Trinajstić information content (AvgIpc) is 2.97. The molecule has 0 saturated heterocycles. The number of nitrogens with zero attached hydrogens (tertiary/aromatic N) is 4. The Morgan fingerprint density at radius 2 is 1.84 bits per heavy atom. The van der Waals surface area contributed by atoms with E-state index in [1.54, 1.807) is 12.1 Å². The largest absolute Gasteiger partial charge is 0.453 e. The van der Waals surface area contributed by atoms with Gasteiger partial charge in [0, 0.05) is 17.6 Å². The topological polar surface area (TPSA) is 60.2 Å². The number of halogens is 4. The third-order valence-corrected chi connectivity index (χ3v) is 4.43. The van der Waals surface area contributed by atoms with Gasteiger partial charge in [-0.3, -0.25) is 4.79 Å². The molecule has 1 aliphatic rings. The van der Waals surface area contributed by atoms with E-state index in [1.165, 1.54) is 6.20 Å². The second kappa shape index (κ2) is 5.52. The summed E-state index contributed by atoms with van der Waals surface area (Å²) in [5.41, 5.74) is 1.66. The van der Waals surface area contributed by atoms with Crippen molar-refractivity contribution in [2.24, 2.45) is 0 Å². The number of ketones is 1. The number of hydrogen-bond donors (Lipinski definition) is 0. The molecule has 0 saturated carbocycles. The van der Waals surface area contributed by atoms with Gasteiger partial charge in [-0.2, -0.15) is 18.2 Å². The summed E-state index contributed by atoms with van der Waals surface area (Å²) in [5, 5.41) is 3.96. The predicted molar refractivity (Wildman–Crippen MR) is 82.6 cm³/mol. The number of carbonyl (C=O) groups is 1. The number of alkyl halides is 3. The number of benzene rings is 1. The molecule has 0 bridgehead atoms. The van der Waals surface area contributed by atoms with E-state index >= 15 is 0 Å². The highest BCUT2D eigenvalue weighted by Crippen LogP contribution is 2.33. The van der Waals surface area contributed by atoms with Gasteiger partial charge >= 0.3 is 6.18 Å². The first-order chi connectivity index (χ1) is 11.8. The van der Waals surface area contributed by atoms with Gasteiger partial charge in [0.05, 0.1) is 11.3 Å². The Kier molecular flexibility index (Phi) is 3.54. The van der Waals surface area contributed by atoms with Gasteiger partial charge < -0.3 is 0 Å². The van der Waals surface area contributed by atoms with Crippen LogP contribution in [0.15, 0.2) is 30.5 Å². The highest BCUT2D eigenvalue weighted by atomic mass is 35.5. The lowest BCUT2D eigenvalue weighted by Gasteiger charge is -2.23. The quantitative estimate of drug-likeness (QED) is 0.658. The maximum absolute atomic E-state index is 12.8. The van der Waals surface area contributed by atoms with Crippen molar-refractivity contribution in [2.45, 2.75) is 24.9 Å². The number of fused-ring (bicyclic) bond motifs is 2. The van der Waals surface area contributed by atoms with Gasteiger partial charge in [-0.25, -0.2) is 9.50 Å². The third kappa shape index (κ3) is 2.86. The van der Waals surface area contributed by atoms with Crippen molar-refractivity contribution in [1.82, 2.24) is 19.6 Å². The Labute approximate surface area is 144 Å². The zero-order chi connectivity index (χ0) is 17.8. The summed E-state index contributed by atoms with van der Waals surface area (Å²) < 4.78 is 39.2. The Balaban J connectivity index is 1.75. The summed E-state index contributed by atoms with van der Waals surface area (Å²) in [6.07, 6.45) is -2.69. The van der Waals surface area contributed by atoms with E-state index in [1.807, 2.05) is 12.1 Å². The molecule has 2 heterocycles. The second-order valence-corrected chi connectivity index (χ2v) is 6.30. The van der Waals surface area contributed by atoms with Crippen LogP contribution in [0.3, 0.4) is 0 Å². The van der Waals surface area contributed by atoms with Gasteiger partial charge in [-0.15, -0.1) is 5.10 Å².